The molecule has 0 aliphatic carbocycles. The van der Waals surface area contributed by atoms with Crippen molar-refractivity contribution in [1.82, 2.24) is 5.16 Å². The first-order valence-electron chi connectivity index (χ1n) is 7.47. The zero-order chi connectivity index (χ0) is 17.5. The van der Waals surface area contributed by atoms with Gasteiger partial charge in [-0.15, -0.1) is 0 Å². The predicted octanol–water partition coefficient (Wildman–Crippen LogP) is 2.05. The molecule has 7 nitrogen and oxygen atoms in total. The number of esters is 1. The summed E-state index contributed by atoms with van der Waals surface area (Å²) < 4.78 is 35.4. The second-order valence-corrected chi connectivity index (χ2v) is 7.83. The first-order chi connectivity index (χ1) is 11.3. The largest absolute Gasteiger partial charge is 0.454 e. The summed E-state index contributed by atoms with van der Waals surface area (Å²) in [7, 11) is -3.34. The summed E-state index contributed by atoms with van der Waals surface area (Å²) in [6, 6.07) is 6.43. The van der Waals surface area contributed by atoms with Crippen molar-refractivity contribution in [1.29, 1.82) is 0 Å². The average Bonchev–Trinajstić information content (AvgIpc) is 3.05. The molecule has 0 fully saturated rings. The molecule has 0 saturated carbocycles. The van der Waals surface area contributed by atoms with E-state index in [4.69, 9.17) is 9.26 Å². The number of rotatable bonds is 4. The first kappa shape index (κ1) is 16.5. The highest BCUT2D eigenvalue weighted by molar-refractivity contribution is 7.92. The molecule has 2 heterocycles. The van der Waals surface area contributed by atoms with E-state index in [-0.39, 0.29) is 12.6 Å². The van der Waals surface area contributed by atoms with Gasteiger partial charge in [-0.3, -0.25) is 4.31 Å². The summed E-state index contributed by atoms with van der Waals surface area (Å²) >= 11 is 0. The van der Waals surface area contributed by atoms with Crippen LogP contribution in [0.5, 0.6) is 0 Å². The number of aryl methyl sites for hydroxylation is 1. The van der Waals surface area contributed by atoms with Gasteiger partial charge in [0.15, 0.2) is 12.4 Å². The number of hydrogen-bond donors (Lipinski definition) is 0. The number of anilines is 1. The van der Waals surface area contributed by atoms with E-state index in [1.54, 1.807) is 31.2 Å². The number of sulfonamides is 1. The third kappa shape index (κ3) is 3.14. The van der Waals surface area contributed by atoms with Crippen LogP contribution in [0.25, 0.3) is 0 Å². The number of carbonyl (C=O) groups is 1. The lowest BCUT2D eigenvalue weighted by Crippen LogP contribution is -2.34. The highest BCUT2D eigenvalue weighted by Crippen LogP contribution is 2.34. The minimum atomic E-state index is -3.34. The SMILES string of the molecule is Cc1cc(COC(=O)c2ccc3c(c2)CC(C)N3S(C)(=O)=O)on1. The molecule has 2 aromatic rings. The highest BCUT2D eigenvalue weighted by Gasteiger charge is 2.32. The van der Waals surface area contributed by atoms with Gasteiger partial charge in [0, 0.05) is 12.1 Å². The third-order valence-electron chi connectivity index (χ3n) is 3.85. The van der Waals surface area contributed by atoms with E-state index >= 15 is 0 Å². The van der Waals surface area contributed by atoms with E-state index in [0.717, 1.165) is 5.56 Å². The number of hydrogen-bond acceptors (Lipinski definition) is 6. The molecule has 0 bridgehead atoms. The van der Waals surface area contributed by atoms with Crippen molar-refractivity contribution in [2.45, 2.75) is 32.9 Å². The van der Waals surface area contributed by atoms with Crippen LogP contribution in [0.4, 0.5) is 5.69 Å². The van der Waals surface area contributed by atoms with Gasteiger partial charge < -0.3 is 9.26 Å². The summed E-state index contributed by atoms with van der Waals surface area (Å²) in [6.07, 6.45) is 1.74. The Labute approximate surface area is 140 Å². The molecule has 0 N–H and O–H groups in total. The van der Waals surface area contributed by atoms with Crippen molar-refractivity contribution in [2.75, 3.05) is 10.6 Å². The topological polar surface area (TPSA) is 89.7 Å². The number of carbonyl (C=O) groups excluding carboxylic acids is 1. The zero-order valence-corrected chi connectivity index (χ0v) is 14.5. The molecule has 1 atom stereocenters. The zero-order valence-electron chi connectivity index (χ0n) is 13.6. The first-order valence-corrected chi connectivity index (χ1v) is 9.32. The standard InChI is InChI=1S/C16H18N2O5S/c1-10-6-14(23-17-10)9-22-16(19)12-4-5-15-13(8-12)7-11(2)18(15)24(3,20)21/h4-6,8,11H,7,9H2,1-3H3. The van der Waals surface area contributed by atoms with E-state index < -0.39 is 16.0 Å². The van der Waals surface area contributed by atoms with Crippen LogP contribution in [0.15, 0.2) is 28.8 Å². The van der Waals surface area contributed by atoms with Crippen LogP contribution in [-0.4, -0.2) is 31.8 Å². The van der Waals surface area contributed by atoms with Crippen molar-refractivity contribution in [2.24, 2.45) is 0 Å². The summed E-state index contributed by atoms with van der Waals surface area (Å²) in [5.74, 6) is -0.0174. The molecule has 128 valence electrons. The van der Waals surface area contributed by atoms with Crippen molar-refractivity contribution >= 4 is 21.7 Å². The van der Waals surface area contributed by atoms with Crippen LogP contribution in [0, 0.1) is 6.92 Å². The Morgan fingerprint density at radius 1 is 1.42 bits per heavy atom. The quantitative estimate of drug-likeness (QED) is 0.784. The van der Waals surface area contributed by atoms with Gasteiger partial charge in [0.05, 0.1) is 23.2 Å². The second kappa shape index (κ2) is 5.94. The number of nitrogens with zero attached hydrogens (tertiary/aromatic N) is 2. The fraction of sp³-hybridized carbons (Fsp3) is 0.375. The van der Waals surface area contributed by atoms with Gasteiger partial charge >= 0.3 is 5.97 Å². The van der Waals surface area contributed by atoms with Crippen LogP contribution >= 0.6 is 0 Å². The van der Waals surface area contributed by atoms with Gasteiger partial charge in [-0.1, -0.05) is 5.16 Å². The lowest BCUT2D eigenvalue weighted by atomic mass is 10.1. The normalized spacial score (nSPS) is 17.0. The Morgan fingerprint density at radius 2 is 2.17 bits per heavy atom. The number of aromatic nitrogens is 1. The molecule has 1 aliphatic rings. The Hall–Kier alpha value is -2.35. The third-order valence-corrected chi connectivity index (χ3v) is 5.12. The Balaban J connectivity index is 1.77. The number of ether oxygens (including phenoxy) is 1. The lowest BCUT2D eigenvalue weighted by Gasteiger charge is -2.21. The van der Waals surface area contributed by atoms with Crippen LogP contribution < -0.4 is 4.31 Å². The molecule has 1 aromatic heterocycles. The van der Waals surface area contributed by atoms with Crippen LogP contribution in [0.2, 0.25) is 0 Å². The van der Waals surface area contributed by atoms with Gasteiger partial charge in [0.1, 0.15) is 0 Å². The molecule has 0 radical (unpaired) electrons. The maximum absolute atomic E-state index is 12.2. The highest BCUT2D eigenvalue weighted by atomic mass is 32.2. The maximum atomic E-state index is 12.2. The van der Waals surface area contributed by atoms with E-state index in [1.807, 2.05) is 6.92 Å². The number of fused-ring (bicyclic) bond motifs is 1. The minimum Gasteiger partial charge on any atom is -0.454 e. The van der Waals surface area contributed by atoms with E-state index in [2.05, 4.69) is 5.16 Å². The van der Waals surface area contributed by atoms with Crippen molar-refractivity contribution in [3.63, 3.8) is 0 Å². The van der Waals surface area contributed by atoms with Gasteiger partial charge in [-0.2, -0.15) is 0 Å². The smallest absolute Gasteiger partial charge is 0.338 e. The van der Waals surface area contributed by atoms with Gasteiger partial charge in [0.2, 0.25) is 10.0 Å². The Morgan fingerprint density at radius 3 is 2.79 bits per heavy atom. The maximum Gasteiger partial charge on any atom is 0.338 e. The average molecular weight is 350 g/mol. The molecule has 3 rings (SSSR count). The van der Waals surface area contributed by atoms with E-state index in [0.29, 0.717) is 29.1 Å². The van der Waals surface area contributed by atoms with Crippen LogP contribution in [0.3, 0.4) is 0 Å². The fourth-order valence-corrected chi connectivity index (χ4v) is 4.20. The molecule has 8 heteroatoms. The fourth-order valence-electron chi connectivity index (χ4n) is 2.94. The summed E-state index contributed by atoms with van der Waals surface area (Å²) in [4.78, 5) is 12.2. The van der Waals surface area contributed by atoms with E-state index in [1.165, 1.54) is 10.6 Å². The molecular formula is C16H18N2O5S. The monoisotopic (exact) mass is 350 g/mol. The number of benzene rings is 1. The predicted molar refractivity (Wildman–Crippen MR) is 87.3 cm³/mol. The van der Waals surface area contributed by atoms with Crippen molar-refractivity contribution in [3.05, 3.63) is 46.8 Å². The molecule has 1 aliphatic heterocycles. The Kier molecular flexibility index (Phi) is 4.08. The summed E-state index contributed by atoms with van der Waals surface area (Å²) in [5, 5.41) is 3.73. The summed E-state index contributed by atoms with van der Waals surface area (Å²) in [5.41, 5.74) is 2.53. The molecule has 0 spiro atoms. The van der Waals surface area contributed by atoms with Gasteiger partial charge in [0.25, 0.3) is 0 Å². The molecule has 1 aromatic carbocycles. The van der Waals surface area contributed by atoms with E-state index in [9.17, 15) is 13.2 Å². The second-order valence-electron chi connectivity index (χ2n) is 5.97. The lowest BCUT2D eigenvalue weighted by molar-refractivity contribution is 0.0437. The minimum absolute atomic E-state index is 0.00260. The van der Waals surface area contributed by atoms with Crippen LogP contribution in [-0.2, 0) is 27.8 Å². The van der Waals surface area contributed by atoms with Crippen molar-refractivity contribution in [3.8, 4) is 0 Å². The molecule has 0 amide bonds. The van der Waals surface area contributed by atoms with Gasteiger partial charge in [-0.25, -0.2) is 13.2 Å². The Bertz CT molecular complexity index is 888. The molecule has 24 heavy (non-hydrogen) atoms. The van der Waals surface area contributed by atoms with Crippen molar-refractivity contribution < 1.29 is 22.5 Å². The molecule has 1 unspecified atom stereocenters. The van der Waals surface area contributed by atoms with Gasteiger partial charge in [-0.05, 0) is 44.0 Å². The molecular weight excluding hydrogens is 332 g/mol. The summed E-state index contributed by atoms with van der Waals surface area (Å²) in [6.45, 7) is 3.62. The molecule has 0 saturated heterocycles. The van der Waals surface area contributed by atoms with Crippen LogP contribution in [0.1, 0.15) is 34.3 Å².